The standard InChI is InChI=1S/C8H9ClFNO2.ClH/c9-4-1-2-5(10)8(13)7(4)6(11)3-12;/h1-2,6,12-13H,3,11H2;1H/t6-;/m0./s1. The number of benzene rings is 1. The lowest BCUT2D eigenvalue weighted by Gasteiger charge is -2.12. The van der Waals surface area contributed by atoms with Gasteiger partial charge in [-0.3, -0.25) is 0 Å². The molecule has 14 heavy (non-hydrogen) atoms. The molecule has 0 heterocycles. The lowest BCUT2D eigenvalue weighted by molar-refractivity contribution is 0.264. The minimum atomic E-state index is -0.872. The van der Waals surface area contributed by atoms with Gasteiger partial charge < -0.3 is 15.9 Å². The molecule has 0 bridgehead atoms. The highest BCUT2D eigenvalue weighted by Crippen LogP contribution is 2.32. The number of halogens is 3. The third kappa shape index (κ3) is 2.48. The van der Waals surface area contributed by atoms with Crippen molar-refractivity contribution in [1.82, 2.24) is 0 Å². The van der Waals surface area contributed by atoms with E-state index in [2.05, 4.69) is 0 Å². The zero-order chi connectivity index (χ0) is 10.0. The molecule has 0 unspecified atom stereocenters. The number of phenols is 1. The van der Waals surface area contributed by atoms with Crippen LogP contribution in [0.25, 0.3) is 0 Å². The Bertz CT molecular complexity index is 322. The van der Waals surface area contributed by atoms with E-state index in [0.29, 0.717) is 0 Å². The summed E-state index contributed by atoms with van der Waals surface area (Å²) in [4.78, 5) is 0. The van der Waals surface area contributed by atoms with Gasteiger partial charge in [0.2, 0.25) is 0 Å². The van der Waals surface area contributed by atoms with Crippen LogP contribution in [0.2, 0.25) is 5.02 Å². The van der Waals surface area contributed by atoms with E-state index in [1.54, 1.807) is 0 Å². The number of phenolic OH excluding ortho intramolecular Hbond substituents is 1. The van der Waals surface area contributed by atoms with Crippen LogP contribution in [0, 0.1) is 5.82 Å². The Morgan fingerprint density at radius 1 is 1.50 bits per heavy atom. The van der Waals surface area contributed by atoms with Gasteiger partial charge in [-0.05, 0) is 12.1 Å². The molecule has 1 rings (SSSR count). The van der Waals surface area contributed by atoms with Gasteiger partial charge in [0.1, 0.15) is 0 Å². The fourth-order valence-electron chi connectivity index (χ4n) is 1.00. The quantitative estimate of drug-likeness (QED) is 0.737. The molecule has 4 N–H and O–H groups in total. The molecule has 0 aromatic heterocycles. The highest BCUT2D eigenvalue weighted by Gasteiger charge is 2.17. The molecule has 0 aliphatic heterocycles. The van der Waals surface area contributed by atoms with Gasteiger partial charge in [0, 0.05) is 10.6 Å². The van der Waals surface area contributed by atoms with Crippen LogP contribution in [-0.4, -0.2) is 16.8 Å². The van der Waals surface area contributed by atoms with E-state index >= 15 is 0 Å². The minimum Gasteiger partial charge on any atom is -0.505 e. The molecule has 0 saturated heterocycles. The highest BCUT2D eigenvalue weighted by molar-refractivity contribution is 6.31. The molecule has 6 heteroatoms. The highest BCUT2D eigenvalue weighted by atomic mass is 35.5. The van der Waals surface area contributed by atoms with Crippen LogP contribution in [0.15, 0.2) is 12.1 Å². The second-order valence-corrected chi connectivity index (χ2v) is 2.99. The Morgan fingerprint density at radius 3 is 2.57 bits per heavy atom. The summed E-state index contributed by atoms with van der Waals surface area (Å²) in [6, 6.07) is 1.44. The number of aliphatic hydroxyl groups is 1. The first-order valence-electron chi connectivity index (χ1n) is 3.61. The molecule has 1 atom stereocenters. The SMILES string of the molecule is Cl.N[C@@H](CO)c1c(Cl)ccc(F)c1O. The van der Waals surface area contributed by atoms with E-state index < -0.39 is 24.2 Å². The van der Waals surface area contributed by atoms with E-state index in [-0.39, 0.29) is 23.0 Å². The normalized spacial score (nSPS) is 12.0. The third-order valence-corrected chi connectivity index (χ3v) is 2.01. The van der Waals surface area contributed by atoms with Gasteiger partial charge in [-0.15, -0.1) is 12.4 Å². The lowest BCUT2D eigenvalue weighted by Crippen LogP contribution is -2.15. The molecule has 1 aromatic carbocycles. The summed E-state index contributed by atoms with van der Waals surface area (Å²) in [5.74, 6) is -1.41. The summed E-state index contributed by atoms with van der Waals surface area (Å²) in [5, 5.41) is 18.1. The van der Waals surface area contributed by atoms with Crippen LogP contribution < -0.4 is 5.73 Å². The summed E-state index contributed by atoms with van der Waals surface area (Å²) in [6.45, 7) is -0.406. The van der Waals surface area contributed by atoms with E-state index in [0.717, 1.165) is 6.07 Å². The summed E-state index contributed by atoms with van der Waals surface area (Å²) in [6.07, 6.45) is 0. The zero-order valence-electron chi connectivity index (χ0n) is 7.08. The molecule has 0 amide bonds. The number of rotatable bonds is 2. The average molecular weight is 242 g/mol. The Kier molecular flexibility index (Phi) is 5.15. The molecule has 0 spiro atoms. The van der Waals surface area contributed by atoms with Crippen molar-refractivity contribution in [2.75, 3.05) is 6.61 Å². The molecule has 0 aliphatic rings. The average Bonchev–Trinajstić information content (AvgIpc) is 2.12. The molecule has 0 radical (unpaired) electrons. The predicted molar refractivity (Wildman–Crippen MR) is 54.3 cm³/mol. The van der Waals surface area contributed by atoms with Crippen molar-refractivity contribution in [2.24, 2.45) is 5.73 Å². The minimum absolute atomic E-state index is 0. The number of hydrogen-bond donors (Lipinski definition) is 3. The topological polar surface area (TPSA) is 66.5 Å². The number of nitrogens with two attached hydrogens (primary N) is 1. The Morgan fingerprint density at radius 2 is 2.07 bits per heavy atom. The first-order chi connectivity index (χ1) is 6.07. The maximum absolute atomic E-state index is 12.8. The van der Waals surface area contributed by atoms with Crippen LogP contribution in [0.1, 0.15) is 11.6 Å². The van der Waals surface area contributed by atoms with Crippen molar-refractivity contribution >= 4 is 24.0 Å². The molecule has 80 valence electrons. The summed E-state index contributed by atoms with van der Waals surface area (Å²) >= 11 is 5.66. The Balaban J connectivity index is 0.00000169. The van der Waals surface area contributed by atoms with Crippen LogP contribution in [0.4, 0.5) is 4.39 Å². The van der Waals surface area contributed by atoms with Crippen LogP contribution in [-0.2, 0) is 0 Å². The van der Waals surface area contributed by atoms with Crippen LogP contribution >= 0.6 is 24.0 Å². The van der Waals surface area contributed by atoms with E-state index in [1.807, 2.05) is 0 Å². The predicted octanol–water partition coefficient (Wildman–Crippen LogP) is 1.60. The van der Waals surface area contributed by atoms with Crippen molar-refractivity contribution < 1.29 is 14.6 Å². The van der Waals surface area contributed by atoms with E-state index in [9.17, 15) is 9.50 Å². The van der Waals surface area contributed by atoms with Crippen molar-refractivity contribution in [2.45, 2.75) is 6.04 Å². The lowest BCUT2D eigenvalue weighted by atomic mass is 10.1. The smallest absolute Gasteiger partial charge is 0.165 e. The summed E-state index contributed by atoms with van der Waals surface area (Å²) in [5.41, 5.74) is 5.44. The second kappa shape index (κ2) is 5.36. The monoisotopic (exact) mass is 241 g/mol. The third-order valence-electron chi connectivity index (χ3n) is 1.68. The number of hydrogen-bond acceptors (Lipinski definition) is 3. The van der Waals surface area contributed by atoms with Gasteiger partial charge in [-0.25, -0.2) is 4.39 Å². The number of aromatic hydroxyl groups is 1. The maximum atomic E-state index is 12.8. The number of aliphatic hydroxyl groups excluding tert-OH is 1. The summed E-state index contributed by atoms with van der Waals surface area (Å²) < 4.78 is 12.8. The van der Waals surface area contributed by atoms with E-state index in [1.165, 1.54) is 6.07 Å². The second-order valence-electron chi connectivity index (χ2n) is 2.58. The van der Waals surface area contributed by atoms with Crippen molar-refractivity contribution in [3.05, 3.63) is 28.5 Å². The fourth-order valence-corrected chi connectivity index (χ4v) is 1.29. The van der Waals surface area contributed by atoms with Crippen LogP contribution in [0.3, 0.4) is 0 Å². The first-order valence-corrected chi connectivity index (χ1v) is 3.99. The van der Waals surface area contributed by atoms with Gasteiger partial charge in [-0.2, -0.15) is 0 Å². The van der Waals surface area contributed by atoms with Gasteiger partial charge in [0.05, 0.1) is 12.6 Å². The van der Waals surface area contributed by atoms with Crippen molar-refractivity contribution in [3.8, 4) is 5.75 Å². The molecule has 1 aromatic rings. The van der Waals surface area contributed by atoms with Gasteiger partial charge in [0.15, 0.2) is 11.6 Å². The molecule has 0 fully saturated rings. The Labute approximate surface area is 91.7 Å². The largest absolute Gasteiger partial charge is 0.505 e. The molecule has 3 nitrogen and oxygen atoms in total. The zero-order valence-corrected chi connectivity index (χ0v) is 8.65. The van der Waals surface area contributed by atoms with Gasteiger partial charge >= 0.3 is 0 Å². The molecular formula is C8H10Cl2FNO2. The molecular weight excluding hydrogens is 232 g/mol. The fraction of sp³-hybridized carbons (Fsp3) is 0.250. The van der Waals surface area contributed by atoms with Gasteiger partial charge in [-0.1, -0.05) is 11.6 Å². The molecule has 0 aliphatic carbocycles. The first kappa shape index (κ1) is 13.4. The van der Waals surface area contributed by atoms with E-state index in [4.69, 9.17) is 22.4 Å². The van der Waals surface area contributed by atoms with Crippen LogP contribution in [0.5, 0.6) is 5.75 Å². The summed E-state index contributed by atoms with van der Waals surface area (Å²) in [7, 11) is 0. The Hall–Kier alpha value is -0.550. The van der Waals surface area contributed by atoms with Crippen molar-refractivity contribution in [1.29, 1.82) is 0 Å². The van der Waals surface area contributed by atoms with Gasteiger partial charge in [0.25, 0.3) is 0 Å². The molecule has 0 saturated carbocycles. The van der Waals surface area contributed by atoms with Crippen molar-refractivity contribution in [3.63, 3.8) is 0 Å². The maximum Gasteiger partial charge on any atom is 0.165 e.